The zero-order chi connectivity index (χ0) is 17.2. The van der Waals surface area contributed by atoms with Crippen LogP contribution in [0.15, 0.2) is 4.99 Å². The molecular weight excluding hydrogens is 286 g/mol. The summed E-state index contributed by atoms with van der Waals surface area (Å²) < 4.78 is 0. The van der Waals surface area contributed by atoms with E-state index in [-0.39, 0.29) is 0 Å². The third kappa shape index (κ3) is 8.02. The molecule has 1 heterocycles. The minimum atomic E-state index is 0.577. The van der Waals surface area contributed by atoms with Crippen molar-refractivity contribution in [3.8, 4) is 0 Å². The van der Waals surface area contributed by atoms with E-state index in [1.54, 1.807) is 0 Å². The first-order chi connectivity index (χ1) is 10.9. The molecule has 1 aliphatic rings. The Hall–Kier alpha value is -0.810. The molecule has 0 amide bonds. The van der Waals surface area contributed by atoms with Gasteiger partial charge in [-0.15, -0.1) is 0 Å². The van der Waals surface area contributed by atoms with Gasteiger partial charge in [-0.2, -0.15) is 0 Å². The van der Waals surface area contributed by atoms with Crippen molar-refractivity contribution < 1.29 is 0 Å². The number of nitrogens with zero attached hydrogens (tertiary/aromatic N) is 3. The monoisotopic (exact) mass is 325 g/mol. The molecule has 5 heteroatoms. The van der Waals surface area contributed by atoms with E-state index >= 15 is 0 Å². The van der Waals surface area contributed by atoms with E-state index in [0.717, 1.165) is 38.1 Å². The standard InChI is InChI=1S/C18H39N5/c1-15(2)23(16(3)4)13-10-21-18(19-6)20-9-12-22-11-7-8-17(5)14-22/h15-17H,7-14H2,1-6H3,(H2,19,20,21). The van der Waals surface area contributed by atoms with Crippen LogP contribution in [0.3, 0.4) is 0 Å². The molecule has 1 saturated heterocycles. The average Bonchev–Trinajstić information content (AvgIpc) is 2.49. The molecule has 1 atom stereocenters. The number of hydrogen-bond acceptors (Lipinski definition) is 3. The van der Waals surface area contributed by atoms with E-state index in [9.17, 15) is 0 Å². The fourth-order valence-electron chi connectivity index (χ4n) is 3.46. The Kier molecular flexibility index (Phi) is 9.56. The molecule has 0 radical (unpaired) electrons. The van der Waals surface area contributed by atoms with Crippen molar-refractivity contribution in [2.24, 2.45) is 10.9 Å². The van der Waals surface area contributed by atoms with Crippen LogP contribution in [0.25, 0.3) is 0 Å². The highest BCUT2D eigenvalue weighted by Gasteiger charge is 2.16. The zero-order valence-electron chi connectivity index (χ0n) is 16.2. The maximum atomic E-state index is 4.33. The molecule has 0 aromatic heterocycles. The summed E-state index contributed by atoms with van der Waals surface area (Å²) in [6, 6.07) is 1.15. The van der Waals surface area contributed by atoms with Gasteiger partial charge in [0, 0.05) is 51.9 Å². The fraction of sp³-hybridized carbons (Fsp3) is 0.944. The smallest absolute Gasteiger partial charge is 0.191 e. The number of nitrogens with one attached hydrogen (secondary N) is 2. The Bertz CT molecular complexity index is 332. The Labute approximate surface area is 143 Å². The normalized spacial score (nSPS) is 20.6. The highest BCUT2D eigenvalue weighted by molar-refractivity contribution is 5.79. The lowest BCUT2D eigenvalue weighted by Crippen LogP contribution is -2.47. The predicted molar refractivity (Wildman–Crippen MR) is 101 cm³/mol. The maximum Gasteiger partial charge on any atom is 0.191 e. The van der Waals surface area contributed by atoms with Gasteiger partial charge < -0.3 is 15.5 Å². The summed E-state index contributed by atoms with van der Waals surface area (Å²) in [4.78, 5) is 9.39. The van der Waals surface area contributed by atoms with E-state index < -0.39 is 0 Å². The van der Waals surface area contributed by atoms with Crippen LogP contribution < -0.4 is 10.6 Å². The summed E-state index contributed by atoms with van der Waals surface area (Å²) in [6.07, 6.45) is 2.73. The van der Waals surface area contributed by atoms with Crippen molar-refractivity contribution in [1.29, 1.82) is 0 Å². The van der Waals surface area contributed by atoms with E-state index in [0.29, 0.717) is 12.1 Å². The largest absolute Gasteiger partial charge is 0.355 e. The molecule has 1 fully saturated rings. The average molecular weight is 326 g/mol. The molecule has 1 rings (SSSR count). The van der Waals surface area contributed by atoms with Crippen LogP contribution in [0.5, 0.6) is 0 Å². The summed E-state index contributed by atoms with van der Waals surface area (Å²) in [7, 11) is 1.85. The van der Waals surface area contributed by atoms with Gasteiger partial charge in [-0.25, -0.2) is 0 Å². The van der Waals surface area contributed by atoms with Crippen molar-refractivity contribution in [1.82, 2.24) is 20.4 Å². The van der Waals surface area contributed by atoms with Gasteiger partial charge in [-0.3, -0.25) is 9.89 Å². The van der Waals surface area contributed by atoms with Crippen molar-refractivity contribution >= 4 is 5.96 Å². The minimum absolute atomic E-state index is 0.577. The number of hydrogen-bond donors (Lipinski definition) is 2. The number of guanidine groups is 1. The molecule has 0 spiro atoms. The second-order valence-electron chi connectivity index (χ2n) is 7.40. The zero-order valence-corrected chi connectivity index (χ0v) is 16.2. The molecule has 0 saturated carbocycles. The number of piperidine rings is 1. The second-order valence-corrected chi connectivity index (χ2v) is 7.40. The summed E-state index contributed by atoms with van der Waals surface area (Å²) in [6.45, 7) is 17.9. The topological polar surface area (TPSA) is 42.9 Å². The minimum Gasteiger partial charge on any atom is -0.355 e. The van der Waals surface area contributed by atoms with Crippen molar-refractivity contribution in [3.63, 3.8) is 0 Å². The quantitative estimate of drug-likeness (QED) is 0.529. The first kappa shape index (κ1) is 20.2. The number of rotatable bonds is 8. The van der Waals surface area contributed by atoms with Crippen LogP contribution in [-0.2, 0) is 0 Å². The van der Waals surface area contributed by atoms with Crippen LogP contribution in [0.4, 0.5) is 0 Å². The van der Waals surface area contributed by atoms with E-state index in [1.165, 1.54) is 25.9 Å². The molecule has 1 aliphatic heterocycles. The van der Waals surface area contributed by atoms with Gasteiger partial charge in [0.15, 0.2) is 5.96 Å². The maximum absolute atomic E-state index is 4.33. The SMILES string of the molecule is CN=C(NCCN1CCCC(C)C1)NCCN(C(C)C)C(C)C. The van der Waals surface area contributed by atoms with Crippen molar-refractivity contribution in [2.75, 3.05) is 46.3 Å². The van der Waals surface area contributed by atoms with Crippen LogP contribution in [0.1, 0.15) is 47.5 Å². The van der Waals surface area contributed by atoms with Crippen LogP contribution >= 0.6 is 0 Å². The van der Waals surface area contributed by atoms with Crippen LogP contribution in [0.2, 0.25) is 0 Å². The lowest BCUT2D eigenvalue weighted by atomic mass is 10.0. The fourth-order valence-corrected chi connectivity index (χ4v) is 3.46. The van der Waals surface area contributed by atoms with Gasteiger partial charge in [0.25, 0.3) is 0 Å². The molecule has 1 unspecified atom stereocenters. The first-order valence-electron chi connectivity index (χ1n) is 9.36. The van der Waals surface area contributed by atoms with Gasteiger partial charge in [-0.1, -0.05) is 6.92 Å². The molecule has 0 aromatic carbocycles. The molecule has 23 heavy (non-hydrogen) atoms. The Balaban J connectivity index is 2.21. The predicted octanol–water partition coefficient (Wildman–Crippen LogP) is 2.00. The highest BCUT2D eigenvalue weighted by Crippen LogP contribution is 2.14. The van der Waals surface area contributed by atoms with Gasteiger partial charge in [0.2, 0.25) is 0 Å². The molecule has 5 nitrogen and oxygen atoms in total. The molecule has 2 N–H and O–H groups in total. The molecule has 0 aliphatic carbocycles. The van der Waals surface area contributed by atoms with Crippen LogP contribution in [-0.4, -0.2) is 74.2 Å². The van der Waals surface area contributed by atoms with Gasteiger partial charge in [0.1, 0.15) is 0 Å². The second kappa shape index (κ2) is 10.9. The number of aliphatic imine (C=N–C) groups is 1. The van der Waals surface area contributed by atoms with Crippen LogP contribution in [0, 0.1) is 5.92 Å². The molecular formula is C18H39N5. The van der Waals surface area contributed by atoms with Gasteiger partial charge in [0.05, 0.1) is 0 Å². The molecule has 136 valence electrons. The third-order valence-corrected chi connectivity index (χ3v) is 4.67. The third-order valence-electron chi connectivity index (χ3n) is 4.67. The first-order valence-corrected chi connectivity index (χ1v) is 9.36. The number of likely N-dealkylation sites (tertiary alicyclic amines) is 1. The summed E-state index contributed by atoms with van der Waals surface area (Å²) in [5, 5.41) is 6.88. The Morgan fingerprint density at radius 2 is 1.83 bits per heavy atom. The summed E-state index contributed by atoms with van der Waals surface area (Å²) in [5.74, 6) is 1.77. The molecule has 0 aromatic rings. The molecule has 0 bridgehead atoms. The summed E-state index contributed by atoms with van der Waals surface area (Å²) >= 11 is 0. The van der Waals surface area contributed by atoms with Gasteiger partial charge in [-0.05, 0) is 53.0 Å². The highest BCUT2D eigenvalue weighted by atomic mass is 15.2. The Morgan fingerprint density at radius 1 is 1.17 bits per heavy atom. The lowest BCUT2D eigenvalue weighted by molar-refractivity contribution is 0.178. The van der Waals surface area contributed by atoms with Crippen molar-refractivity contribution in [2.45, 2.75) is 59.5 Å². The van der Waals surface area contributed by atoms with E-state index in [1.807, 2.05) is 7.05 Å². The van der Waals surface area contributed by atoms with Crippen molar-refractivity contribution in [3.05, 3.63) is 0 Å². The lowest BCUT2D eigenvalue weighted by Gasteiger charge is -2.31. The Morgan fingerprint density at radius 3 is 2.39 bits per heavy atom. The van der Waals surface area contributed by atoms with Gasteiger partial charge >= 0.3 is 0 Å². The van der Waals surface area contributed by atoms with E-state index in [2.05, 4.69) is 60.0 Å². The van der Waals surface area contributed by atoms with E-state index in [4.69, 9.17) is 0 Å². The summed E-state index contributed by atoms with van der Waals surface area (Å²) in [5.41, 5.74) is 0.